The van der Waals surface area contributed by atoms with Crippen LogP contribution >= 0.6 is 0 Å². The summed E-state index contributed by atoms with van der Waals surface area (Å²) in [5, 5.41) is 8.27. The number of carbonyl (C=O) groups excluding carboxylic acids is 2. The highest BCUT2D eigenvalue weighted by atomic mass is 16.6. The SMILES string of the molecule is C#CCCC1(CCC(=O)N2CCCCC3(CCN(C(=O)OC(C)(C)C)C3)C2)N=N1. The summed E-state index contributed by atoms with van der Waals surface area (Å²) in [6, 6.07) is 0. The van der Waals surface area contributed by atoms with Crippen molar-refractivity contribution in [1.29, 1.82) is 0 Å². The first-order chi connectivity index (χ1) is 13.7. The van der Waals surface area contributed by atoms with Gasteiger partial charge >= 0.3 is 6.09 Å². The fourth-order valence-corrected chi connectivity index (χ4v) is 4.46. The molecular weight excluding hydrogens is 368 g/mol. The van der Waals surface area contributed by atoms with Crippen LogP contribution in [0.25, 0.3) is 0 Å². The van der Waals surface area contributed by atoms with Crippen molar-refractivity contribution in [2.75, 3.05) is 26.2 Å². The maximum Gasteiger partial charge on any atom is 0.410 e. The van der Waals surface area contributed by atoms with Crippen LogP contribution in [-0.4, -0.2) is 59.2 Å². The molecule has 7 nitrogen and oxygen atoms in total. The molecule has 0 aromatic heterocycles. The first-order valence-electron chi connectivity index (χ1n) is 10.8. The highest BCUT2D eigenvalue weighted by Crippen LogP contribution is 2.40. The van der Waals surface area contributed by atoms with E-state index in [1.807, 2.05) is 30.6 Å². The van der Waals surface area contributed by atoms with Crippen LogP contribution in [-0.2, 0) is 9.53 Å². The van der Waals surface area contributed by atoms with Gasteiger partial charge in [-0.05, 0) is 40.0 Å². The number of likely N-dealkylation sites (tertiary alicyclic amines) is 2. The second-order valence-corrected chi connectivity index (χ2v) is 9.81. The van der Waals surface area contributed by atoms with Gasteiger partial charge < -0.3 is 14.5 Å². The van der Waals surface area contributed by atoms with Gasteiger partial charge in [0, 0.05) is 57.3 Å². The molecule has 1 atom stereocenters. The minimum atomic E-state index is -0.493. The quantitative estimate of drug-likeness (QED) is 0.653. The fourth-order valence-electron chi connectivity index (χ4n) is 4.46. The number of rotatable bonds is 5. The van der Waals surface area contributed by atoms with Crippen molar-refractivity contribution in [3.05, 3.63) is 0 Å². The van der Waals surface area contributed by atoms with Crippen LogP contribution in [0.2, 0.25) is 0 Å². The number of terminal acetylenes is 1. The van der Waals surface area contributed by atoms with Crippen molar-refractivity contribution in [2.45, 2.75) is 83.4 Å². The van der Waals surface area contributed by atoms with Crippen LogP contribution in [0.15, 0.2) is 10.2 Å². The van der Waals surface area contributed by atoms with E-state index in [0.29, 0.717) is 32.4 Å². The van der Waals surface area contributed by atoms with Crippen LogP contribution in [0.4, 0.5) is 4.79 Å². The molecule has 2 fully saturated rings. The topological polar surface area (TPSA) is 74.6 Å². The molecule has 1 unspecified atom stereocenters. The molecular formula is C22H34N4O3. The van der Waals surface area contributed by atoms with Crippen LogP contribution < -0.4 is 0 Å². The van der Waals surface area contributed by atoms with Crippen molar-refractivity contribution in [3.63, 3.8) is 0 Å². The molecule has 3 rings (SSSR count). The van der Waals surface area contributed by atoms with E-state index in [2.05, 4.69) is 16.1 Å². The highest BCUT2D eigenvalue weighted by molar-refractivity contribution is 5.76. The minimum Gasteiger partial charge on any atom is -0.444 e. The molecule has 0 aromatic rings. The number of carbonyl (C=O) groups is 2. The summed E-state index contributed by atoms with van der Waals surface area (Å²) in [7, 11) is 0. The van der Waals surface area contributed by atoms with E-state index in [0.717, 1.165) is 45.2 Å². The van der Waals surface area contributed by atoms with E-state index in [4.69, 9.17) is 11.2 Å². The molecule has 2 saturated heterocycles. The Balaban J connectivity index is 1.55. The number of ether oxygens (including phenoxy) is 1. The normalized spacial score (nSPS) is 25.6. The van der Waals surface area contributed by atoms with Gasteiger partial charge in [-0.3, -0.25) is 4.79 Å². The minimum absolute atomic E-state index is 0.0153. The Morgan fingerprint density at radius 1 is 1.07 bits per heavy atom. The summed E-state index contributed by atoms with van der Waals surface area (Å²) in [6.45, 7) is 8.54. The predicted octanol–water partition coefficient (Wildman–Crippen LogP) is 3.98. The molecule has 0 saturated carbocycles. The zero-order valence-electron chi connectivity index (χ0n) is 18.1. The van der Waals surface area contributed by atoms with Crippen LogP contribution in [0.5, 0.6) is 0 Å². The molecule has 2 amide bonds. The van der Waals surface area contributed by atoms with E-state index in [-0.39, 0.29) is 17.4 Å². The third-order valence-electron chi connectivity index (χ3n) is 6.15. The van der Waals surface area contributed by atoms with Crippen molar-refractivity contribution < 1.29 is 14.3 Å². The fraction of sp³-hybridized carbons (Fsp3) is 0.818. The van der Waals surface area contributed by atoms with Gasteiger partial charge in [-0.2, -0.15) is 10.2 Å². The standard InChI is InChI=1S/C22H34N4O3/c1-5-6-11-22(23-24-22)12-9-18(27)25-14-8-7-10-21(16-25)13-15-26(17-21)19(28)29-20(2,3)4/h1H,6-17H2,2-4H3. The lowest BCUT2D eigenvalue weighted by atomic mass is 9.82. The largest absolute Gasteiger partial charge is 0.444 e. The van der Waals surface area contributed by atoms with Gasteiger partial charge in [0.05, 0.1) is 0 Å². The number of hydrogen-bond donors (Lipinski definition) is 0. The second-order valence-electron chi connectivity index (χ2n) is 9.81. The molecule has 0 N–H and O–H groups in total. The zero-order valence-corrected chi connectivity index (χ0v) is 18.1. The van der Waals surface area contributed by atoms with Gasteiger partial charge in [-0.1, -0.05) is 6.42 Å². The lowest BCUT2D eigenvalue weighted by Gasteiger charge is -2.33. The van der Waals surface area contributed by atoms with E-state index in [9.17, 15) is 9.59 Å². The number of nitrogens with zero attached hydrogens (tertiary/aromatic N) is 4. The molecule has 1 spiro atoms. The molecule has 3 heterocycles. The van der Waals surface area contributed by atoms with E-state index >= 15 is 0 Å². The molecule has 7 heteroatoms. The first kappa shape index (κ1) is 21.6. The molecule has 0 radical (unpaired) electrons. The van der Waals surface area contributed by atoms with Crippen LogP contribution in [0.1, 0.15) is 72.1 Å². The predicted molar refractivity (Wildman–Crippen MR) is 110 cm³/mol. The van der Waals surface area contributed by atoms with Gasteiger partial charge in [0.1, 0.15) is 5.60 Å². The lowest BCUT2D eigenvalue weighted by Crippen LogP contribution is -2.43. The molecule has 160 valence electrons. The molecule has 0 bridgehead atoms. The second kappa shape index (κ2) is 8.33. The van der Waals surface area contributed by atoms with Gasteiger partial charge in [-0.15, -0.1) is 12.3 Å². The summed E-state index contributed by atoms with van der Waals surface area (Å²) >= 11 is 0. The molecule has 0 aromatic carbocycles. The average Bonchev–Trinajstić information content (AvgIpc) is 3.34. The summed E-state index contributed by atoms with van der Waals surface area (Å²) in [6.07, 6.45) is 11.6. The van der Waals surface area contributed by atoms with Crippen molar-refractivity contribution in [1.82, 2.24) is 9.80 Å². The van der Waals surface area contributed by atoms with Crippen molar-refractivity contribution in [3.8, 4) is 12.3 Å². The molecule has 0 aliphatic carbocycles. The first-order valence-corrected chi connectivity index (χ1v) is 10.8. The van der Waals surface area contributed by atoms with Gasteiger partial charge in [0.15, 0.2) is 5.66 Å². The third kappa shape index (κ3) is 5.71. The van der Waals surface area contributed by atoms with Gasteiger partial charge in [0.25, 0.3) is 0 Å². The van der Waals surface area contributed by atoms with E-state index < -0.39 is 11.3 Å². The number of amides is 2. The summed E-state index contributed by atoms with van der Waals surface area (Å²) in [5.41, 5.74) is -0.919. The number of hydrogen-bond acceptors (Lipinski definition) is 5. The Morgan fingerprint density at radius 2 is 1.79 bits per heavy atom. The van der Waals surface area contributed by atoms with Crippen molar-refractivity contribution >= 4 is 12.0 Å². The Bertz CT molecular complexity index is 700. The molecule has 3 aliphatic heterocycles. The van der Waals surface area contributed by atoms with Crippen LogP contribution in [0, 0.1) is 17.8 Å². The highest BCUT2D eigenvalue weighted by Gasteiger charge is 2.44. The lowest BCUT2D eigenvalue weighted by molar-refractivity contribution is -0.132. The average molecular weight is 403 g/mol. The van der Waals surface area contributed by atoms with Crippen molar-refractivity contribution in [2.24, 2.45) is 15.6 Å². The smallest absolute Gasteiger partial charge is 0.410 e. The van der Waals surface area contributed by atoms with E-state index in [1.54, 1.807) is 0 Å². The summed E-state index contributed by atoms with van der Waals surface area (Å²) < 4.78 is 5.55. The zero-order chi connectivity index (χ0) is 21.1. The Morgan fingerprint density at radius 3 is 2.45 bits per heavy atom. The Hall–Kier alpha value is -2.10. The van der Waals surface area contributed by atoms with E-state index in [1.165, 1.54) is 0 Å². The summed E-state index contributed by atoms with van der Waals surface area (Å²) in [4.78, 5) is 29.2. The van der Waals surface area contributed by atoms with Crippen LogP contribution in [0.3, 0.4) is 0 Å². The third-order valence-corrected chi connectivity index (χ3v) is 6.15. The maximum atomic E-state index is 12.9. The monoisotopic (exact) mass is 402 g/mol. The van der Waals surface area contributed by atoms with Gasteiger partial charge in [0.2, 0.25) is 5.91 Å². The Kier molecular flexibility index (Phi) is 6.21. The maximum absolute atomic E-state index is 12.9. The Labute approximate surface area is 174 Å². The van der Waals surface area contributed by atoms with Gasteiger partial charge in [-0.25, -0.2) is 4.79 Å². The molecule has 3 aliphatic rings. The summed E-state index contributed by atoms with van der Waals surface area (Å²) in [5.74, 6) is 2.79. The molecule has 29 heavy (non-hydrogen) atoms.